The molecule has 0 bridgehead atoms. The molecule has 0 aliphatic heterocycles. The molecule has 0 amide bonds. The molecular formula is C39H77N2+. The number of unbranched alkanes of at least 4 members (excludes halogenated alkanes) is 27. The quantitative estimate of drug-likeness (QED) is 0.0584. The number of aromatic nitrogens is 2. The van der Waals surface area contributed by atoms with Crippen LogP contribution in [0.15, 0.2) is 12.4 Å². The van der Waals surface area contributed by atoms with Crippen molar-refractivity contribution in [1.29, 1.82) is 0 Å². The van der Waals surface area contributed by atoms with E-state index in [1.54, 1.807) is 5.82 Å². The summed E-state index contributed by atoms with van der Waals surface area (Å²) in [6.07, 6.45) is 48.9. The molecule has 0 aromatic carbocycles. The molecule has 0 spiro atoms. The van der Waals surface area contributed by atoms with E-state index in [0.29, 0.717) is 0 Å². The summed E-state index contributed by atoms with van der Waals surface area (Å²) in [4.78, 5) is 0. The van der Waals surface area contributed by atoms with Crippen molar-refractivity contribution in [2.75, 3.05) is 0 Å². The predicted octanol–water partition coefficient (Wildman–Crippen LogP) is 13.1. The van der Waals surface area contributed by atoms with Gasteiger partial charge in [0.2, 0.25) is 0 Å². The van der Waals surface area contributed by atoms with Crippen molar-refractivity contribution in [2.45, 2.75) is 233 Å². The molecule has 2 nitrogen and oxygen atoms in total. The van der Waals surface area contributed by atoms with Gasteiger partial charge in [-0.3, -0.25) is 0 Å². The van der Waals surface area contributed by atoms with Crippen LogP contribution < -0.4 is 4.57 Å². The lowest BCUT2D eigenvalue weighted by molar-refractivity contribution is -0.704. The summed E-state index contributed by atoms with van der Waals surface area (Å²) >= 11 is 0. The molecule has 0 saturated carbocycles. The van der Waals surface area contributed by atoms with Crippen LogP contribution in [0.1, 0.15) is 219 Å². The summed E-state index contributed by atoms with van der Waals surface area (Å²) in [6.45, 7) is 9.39. The third kappa shape index (κ3) is 23.4. The van der Waals surface area contributed by atoms with E-state index in [9.17, 15) is 0 Å². The Morgan fingerprint density at radius 2 is 0.756 bits per heavy atom. The van der Waals surface area contributed by atoms with E-state index in [1.807, 2.05) is 0 Å². The zero-order valence-electron chi connectivity index (χ0n) is 28.9. The van der Waals surface area contributed by atoms with Crippen molar-refractivity contribution in [3.8, 4) is 0 Å². The highest BCUT2D eigenvalue weighted by Crippen LogP contribution is 2.15. The molecule has 1 rings (SSSR count). The molecule has 0 aliphatic rings. The van der Waals surface area contributed by atoms with E-state index < -0.39 is 0 Å². The lowest BCUT2D eigenvalue weighted by Crippen LogP contribution is -2.37. The third-order valence-electron chi connectivity index (χ3n) is 9.35. The first kappa shape index (κ1) is 38.2. The molecule has 41 heavy (non-hydrogen) atoms. The van der Waals surface area contributed by atoms with Crippen LogP contribution in [-0.4, -0.2) is 4.57 Å². The first-order chi connectivity index (χ1) is 20.3. The Morgan fingerprint density at radius 3 is 1.17 bits per heavy atom. The van der Waals surface area contributed by atoms with Crippen molar-refractivity contribution in [3.63, 3.8) is 0 Å². The fourth-order valence-corrected chi connectivity index (χ4v) is 6.50. The van der Waals surface area contributed by atoms with Crippen LogP contribution in [0, 0.1) is 0 Å². The van der Waals surface area contributed by atoms with Gasteiger partial charge >= 0.3 is 0 Å². The monoisotopic (exact) mass is 574 g/mol. The van der Waals surface area contributed by atoms with Gasteiger partial charge in [0.05, 0.1) is 13.1 Å². The van der Waals surface area contributed by atoms with Crippen LogP contribution in [0.3, 0.4) is 0 Å². The standard InChI is InChI=1S/C39H77N2/c1-4-7-10-13-15-17-18-19-20-21-22-23-24-26-28-30-33-36-41-38-37-40(35-32-12-9-6-3)39(41)34-31-29-27-25-16-14-11-8-5-2/h37-38H,4-36H2,1-3H3/q+1. The summed E-state index contributed by atoms with van der Waals surface area (Å²) in [5.41, 5.74) is 0. The number of imidazole rings is 1. The van der Waals surface area contributed by atoms with Gasteiger partial charge in [-0.05, 0) is 32.1 Å². The molecular weight excluding hydrogens is 496 g/mol. The minimum Gasteiger partial charge on any atom is -0.234 e. The fraction of sp³-hybridized carbons (Fsp3) is 0.923. The highest BCUT2D eigenvalue weighted by Gasteiger charge is 2.16. The van der Waals surface area contributed by atoms with Gasteiger partial charge in [0.1, 0.15) is 12.4 Å². The highest BCUT2D eigenvalue weighted by molar-refractivity contribution is 4.84. The van der Waals surface area contributed by atoms with E-state index in [0.717, 1.165) is 0 Å². The van der Waals surface area contributed by atoms with Gasteiger partial charge in [0, 0.05) is 6.42 Å². The molecule has 0 N–H and O–H groups in total. The zero-order chi connectivity index (χ0) is 29.5. The first-order valence-corrected chi connectivity index (χ1v) is 19.4. The Kier molecular flexibility index (Phi) is 28.6. The average molecular weight is 574 g/mol. The van der Waals surface area contributed by atoms with Crippen LogP contribution in [0.5, 0.6) is 0 Å². The number of hydrogen-bond acceptors (Lipinski definition) is 0. The van der Waals surface area contributed by atoms with Gasteiger partial charge in [-0.15, -0.1) is 0 Å². The van der Waals surface area contributed by atoms with E-state index in [-0.39, 0.29) is 0 Å². The van der Waals surface area contributed by atoms with Gasteiger partial charge in [0.15, 0.2) is 0 Å². The molecule has 1 heterocycles. The van der Waals surface area contributed by atoms with E-state index >= 15 is 0 Å². The molecule has 242 valence electrons. The van der Waals surface area contributed by atoms with E-state index in [4.69, 9.17) is 0 Å². The normalized spacial score (nSPS) is 11.6. The summed E-state index contributed by atoms with van der Waals surface area (Å²) < 4.78 is 5.23. The number of rotatable bonds is 33. The maximum Gasteiger partial charge on any atom is 0.256 e. The Labute approximate surface area is 259 Å². The molecule has 0 fully saturated rings. The highest BCUT2D eigenvalue weighted by atomic mass is 15.1. The predicted molar refractivity (Wildman–Crippen MR) is 184 cm³/mol. The Hall–Kier alpha value is -0.790. The SMILES string of the molecule is CCCCCCCCCCCCCCCCCCC[n+]1ccn(CCCCCC)c1CCCCCCCCCCC. The van der Waals surface area contributed by atoms with E-state index in [1.165, 1.54) is 212 Å². The van der Waals surface area contributed by atoms with Crippen molar-refractivity contribution in [3.05, 3.63) is 18.2 Å². The molecule has 0 atom stereocenters. The van der Waals surface area contributed by atoms with Gasteiger partial charge in [0.25, 0.3) is 5.82 Å². The summed E-state index contributed by atoms with van der Waals surface area (Å²) in [5, 5.41) is 0. The van der Waals surface area contributed by atoms with Gasteiger partial charge in [-0.1, -0.05) is 181 Å². The molecule has 0 unspecified atom stereocenters. The zero-order valence-corrected chi connectivity index (χ0v) is 28.9. The molecule has 0 saturated heterocycles. The molecule has 0 aliphatic carbocycles. The third-order valence-corrected chi connectivity index (χ3v) is 9.35. The number of hydrogen-bond donors (Lipinski definition) is 0. The lowest BCUT2D eigenvalue weighted by Gasteiger charge is -2.07. The molecule has 0 radical (unpaired) electrons. The molecule has 1 aromatic heterocycles. The second kappa shape index (κ2) is 30.7. The second-order valence-electron chi connectivity index (χ2n) is 13.4. The largest absolute Gasteiger partial charge is 0.256 e. The Bertz CT molecular complexity index is 634. The minimum absolute atomic E-state index is 1.22. The molecule has 2 heteroatoms. The van der Waals surface area contributed by atoms with Crippen molar-refractivity contribution < 1.29 is 4.57 Å². The number of nitrogens with zero attached hydrogens (tertiary/aromatic N) is 2. The van der Waals surface area contributed by atoms with Crippen LogP contribution in [0.4, 0.5) is 0 Å². The van der Waals surface area contributed by atoms with Crippen LogP contribution in [-0.2, 0) is 19.5 Å². The van der Waals surface area contributed by atoms with Crippen LogP contribution >= 0.6 is 0 Å². The minimum atomic E-state index is 1.22. The summed E-state index contributed by atoms with van der Waals surface area (Å²) in [7, 11) is 0. The summed E-state index contributed by atoms with van der Waals surface area (Å²) in [6, 6.07) is 0. The van der Waals surface area contributed by atoms with Crippen molar-refractivity contribution >= 4 is 0 Å². The topological polar surface area (TPSA) is 8.81 Å². The van der Waals surface area contributed by atoms with Crippen molar-refractivity contribution in [1.82, 2.24) is 4.57 Å². The van der Waals surface area contributed by atoms with Gasteiger partial charge in [-0.25, -0.2) is 9.13 Å². The van der Waals surface area contributed by atoms with Crippen molar-refractivity contribution in [2.24, 2.45) is 0 Å². The Balaban J connectivity index is 2.13. The first-order valence-electron chi connectivity index (χ1n) is 19.4. The lowest BCUT2D eigenvalue weighted by atomic mass is 10.0. The number of aryl methyl sites for hydroxylation is 2. The van der Waals surface area contributed by atoms with Crippen LogP contribution in [0.2, 0.25) is 0 Å². The summed E-state index contributed by atoms with van der Waals surface area (Å²) in [5.74, 6) is 1.61. The Morgan fingerprint density at radius 1 is 0.415 bits per heavy atom. The smallest absolute Gasteiger partial charge is 0.234 e. The fourth-order valence-electron chi connectivity index (χ4n) is 6.50. The van der Waals surface area contributed by atoms with Gasteiger partial charge in [-0.2, -0.15) is 0 Å². The van der Waals surface area contributed by atoms with E-state index in [2.05, 4.69) is 42.3 Å². The molecule has 1 aromatic rings. The second-order valence-corrected chi connectivity index (χ2v) is 13.4. The maximum atomic E-state index is 2.62. The average Bonchev–Trinajstić information content (AvgIpc) is 3.37. The van der Waals surface area contributed by atoms with Gasteiger partial charge < -0.3 is 0 Å². The maximum absolute atomic E-state index is 2.62. The van der Waals surface area contributed by atoms with Crippen LogP contribution in [0.25, 0.3) is 0 Å².